The molecule has 0 saturated carbocycles. The highest BCUT2D eigenvalue weighted by molar-refractivity contribution is 7.89. The topological polar surface area (TPSA) is 65.6 Å². The molecule has 5 nitrogen and oxygen atoms in total. The fourth-order valence-electron chi connectivity index (χ4n) is 3.74. The van der Waals surface area contributed by atoms with Crippen molar-refractivity contribution in [3.63, 3.8) is 0 Å². The molecule has 1 heterocycles. The van der Waals surface area contributed by atoms with Gasteiger partial charge in [-0.2, -0.15) is 9.57 Å². The number of fused-ring (bicyclic) bond motifs is 1. The van der Waals surface area contributed by atoms with Crippen LogP contribution in [0, 0.1) is 11.3 Å². The number of rotatable bonds is 4. The van der Waals surface area contributed by atoms with E-state index < -0.39 is 10.0 Å². The number of piperazine rings is 1. The number of hydrogen-bond donors (Lipinski definition) is 1. The number of benzene rings is 3. The van der Waals surface area contributed by atoms with Crippen LogP contribution in [0.25, 0.3) is 10.8 Å². The van der Waals surface area contributed by atoms with E-state index in [-0.39, 0.29) is 0 Å². The Bertz CT molecular complexity index is 1140. The molecule has 1 N–H and O–H groups in total. The second-order valence-electron chi connectivity index (χ2n) is 7.15. The largest absolute Gasteiger partial charge is 0.329 e. The van der Waals surface area contributed by atoms with Gasteiger partial charge in [0.25, 0.3) is 0 Å². The Morgan fingerprint density at radius 3 is 2.43 bits per heavy atom. The third-order valence-electron chi connectivity index (χ3n) is 5.30. The number of nitriles is 1. The van der Waals surface area contributed by atoms with Crippen LogP contribution in [-0.2, 0) is 16.6 Å². The van der Waals surface area contributed by atoms with Crippen LogP contribution < -0.4 is 4.90 Å². The summed E-state index contributed by atoms with van der Waals surface area (Å²) in [6.45, 7) is 3.32. The molecule has 3 aromatic rings. The first-order chi connectivity index (χ1) is 13.6. The van der Waals surface area contributed by atoms with Crippen LogP contribution >= 0.6 is 0 Å². The summed E-state index contributed by atoms with van der Waals surface area (Å²) in [7, 11) is -3.48. The first kappa shape index (κ1) is 18.6. The first-order valence-electron chi connectivity index (χ1n) is 9.38. The Balaban J connectivity index is 1.45. The van der Waals surface area contributed by atoms with Gasteiger partial charge in [0, 0.05) is 5.56 Å². The Morgan fingerprint density at radius 2 is 1.68 bits per heavy atom. The van der Waals surface area contributed by atoms with Gasteiger partial charge in [0.1, 0.15) is 6.54 Å². The van der Waals surface area contributed by atoms with Crippen LogP contribution in [0.5, 0.6) is 0 Å². The van der Waals surface area contributed by atoms with Crippen LogP contribution in [0.15, 0.2) is 71.6 Å². The van der Waals surface area contributed by atoms with Crippen molar-refractivity contribution < 1.29 is 13.3 Å². The van der Waals surface area contributed by atoms with E-state index >= 15 is 0 Å². The standard InChI is InChI=1S/C22H21N3O2S/c23-16-18-4-3-5-19(14-18)17-24-10-12-25(13-11-24)28(26,27)22-9-8-20-6-1-2-7-21(20)15-22/h1-9,14-15H,10-13,17H2/p+1. The Kier molecular flexibility index (Phi) is 5.14. The van der Waals surface area contributed by atoms with E-state index in [9.17, 15) is 8.42 Å². The van der Waals surface area contributed by atoms with E-state index in [1.54, 1.807) is 22.5 Å². The van der Waals surface area contributed by atoms with Crippen LogP contribution in [0.1, 0.15) is 11.1 Å². The van der Waals surface area contributed by atoms with E-state index in [4.69, 9.17) is 5.26 Å². The summed E-state index contributed by atoms with van der Waals surface area (Å²) in [5, 5.41) is 11.0. The molecular formula is C22H22N3O2S+. The molecule has 0 aliphatic carbocycles. The third kappa shape index (κ3) is 3.78. The van der Waals surface area contributed by atoms with Crippen LogP contribution in [0.3, 0.4) is 0 Å². The fourth-order valence-corrected chi connectivity index (χ4v) is 5.21. The van der Waals surface area contributed by atoms with E-state index in [1.165, 1.54) is 4.90 Å². The zero-order valence-corrected chi connectivity index (χ0v) is 16.3. The van der Waals surface area contributed by atoms with E-state index in [1.807, 2.05) is 48.5 Å². The maximum Gasteiger partial charge on any atom is 0.243 e. The van der Waals surface area contributed by atoms with Crippen molar-refractivity contribution in [2.24, 2.45) is 0 Å². The zero-order chi connectivity index (χ0) is 19.6. The quantitative estimate of drug-likeness (QED) is 0.736. The van der Waals surface area contributed by atoms with Crippen LogP contribution in [-0.4, -0.2) is 38.9 Å². The van der Waals surface area contributed by atoms with Gasteiger partial charge in [-0.15, -0.1) is 0 Å². The lowest BCUT2D eigenvalue weighted by molar-refractivity contribution is -0.917. The third-order valence-corrected chi connectivity index (χ3v) is 7.19. The molecule has 1 saturated heterocycles. The van der Waals surface area contributed by atoms with Gasteiger partial charge in [-0.3, -0.25) is 0 Å². The molecule has 0 spiro atoms. The van der Waals surface area contributed by atoms with E-state index in [2.05, 4.69) is 6.07 Å². The molecule has 0 bridgehead atoms. The molecule has 0 amide bonds. The van der Waals surface area contributed by atoms with E-state index in [0.29, 0.717) is 23.5 Å². The summed E-state index contributed by atoms with van der Waals surface area (Å²) >= 11 is 0. The molecule has 0 atom stereocenters. The van der Waals surface area contributed by atoms with Gasteiger partial charge in [0.2, 0.25) is 10.0 Å². The van der Waals surface area contributed by atoms with Gasteiger partial charge in [-0.1, -0.05) is 42.5 Å². The number of hydrogen-bond acceptors (Lipinski definition) is 3. The molecule has 0 radical (unpaired) electrons. The Hall–Kier alpha value is -2.72. The number of nitrogens with zero attached hydrogens (tertiary/aromatic N) is 2. The summed E-state index contributed by atoms with van der Waals surface area (Å²) in [4.78, 5) is 1.69. The number of sulfonamides is 1. The second kappa shape index (κ2) is 7.72. The summed E-state index contributed by atoms with van der Waals surface area (Å²) in [6.07, 6.45) is 0. The molecule has 1 aliphatic rings. The average Bonchev–Trinajstić information content (AvgIpc) is 2.74. The van der Waals surface area contributed by atoms with Crippen molar-refractivity contribution in [3.8, 4) is 6.07 Å². The van der Waals surface area contributed by atoms with Crippen LogP contribution in [0.2, 0.25) is 0 Å². The predicted octanol–water partition coefficient (Wildman–Crippen LogP) is 1.80. The smallest absolute Gasteiger partial charge is 0.243 e. The highest BCUT2D eigenvalue weighted by atomic mass is 32.2. The monoisotopic (exact) mass is 392 g/mol. The zero-order valence-electron chi connectivity index (χ0n) is 15.5. The molecule has 0 unspecified atom stereocenters. The SMILES string of the molecule is N#Cc1cccc(C[NH+]2CCN(S(=O)(=O)c3ccc4ccccc4c3)CC2)c1. The van der Waals surface area contributed by atoms with Gasteiger partial charge >= 0.3 is 0 Å². The van der Waals surface area contributed by atoms with Gasteiger partial charge in [0.05, 0.1) is 42.7 Å². The minimum atomic E-state index is -3.48. The van der Waals surface area contributed by atoms with Crippen molar-refractivity contribution in [2.45, 2.75) is 11.4 Å². The molecule has 4 rings (SSSR count). The summed E-state index contributed by atoms with van der Waals surface area (Å²) in [5.74, 6) is 0. The maximum atomic E-state index is 13.1. The Labute approximate surface area is 165 Å². The van der Waals surface area contributed by atoms with Gasteiger partial charge in [-0.05, 0) is 35.0 Å². The summed E-state index contributed by atoms with van der Waals surface area (Å²) < 4.78 is 27.7. The number of quaternary nitrogens is 1. The van der Waals surface area contributed by atoms with Crippen molar-refractivity contribution in [2.75, 3.05) is 26.2 Å². The van der Waals surface area contributed by atoms with Crippen molar-refractivity contribution in [1.82, 2.24) is 4.31 Å². The number of nitrogens with one attached hydrogen (secondary N) is 1. The highest BCUT2D eigenvalue weighted by Crippen LogP contribution is 2.22. The van der Waals surface area contributed by atoms with Crippen molar-refractivity contribution in [3.05, 3.63) is 77.9 Å². The molecule has 6 heteroatoms. The molecule has 3 aromatic carbocycles. The lowest BCUT2D eigenvalue weighted by Gasteiger charge is -2.31. The summed E-state index contributed by atoms with van der Waals surface area (Å²) in [6, 6.07) is 22.9. The molecule has 1 fully saturated rings. The molecule has 0 aromatic heterocycles. The summed E-state index contributed by atoms with van der Waals surface area (Å²) in [5.41, 5.74) is 1.77. The van der Waals surface area contributed by atoms with Gasteiger partial charge in [0.15, 0.2) is 0 Å². The average molecular weight is 393 g/mol. The normalized spacial score (nSPS) is 16.1. The van der Waals surface area contributed by atoms with Gasteiger partial charge in [-0.25, -0.2) is 8.42 Å². The minimum Gasteiger partial charge on any atom is -0.329 e. The molecule has 28 heavy (non-hydrogen) atoms. The predicted molar refractivity (Wildman–Crippen MR) is 108 cm³/mol. The lowest BCUT2D eigenvalue weighted by Crippen LogP contribution is -3.13. The van der Waals surface area contributed by atoms with Gasteiger partial charge < -0.3 is 4.90 Å². The second-order valence-corrected chi connectivity index (χ2v) is 9.09. The molecule has 1 aliphatic heterocycles. The minimum absolute atomic E-state index is 0.358. The molecule has 142 valence electrons. The van der Waals surface area contributed by atoms with Crippen molar-refractivity contribution >= 4 is 20.8 Å². The first-order valence-corrected chi connectivity index (χ1v) is 10.8. The fraction of sp³-hybridized carbons (Fsp3) is 0.227. The van der Waals surface area contributed by atoms with Crippen LogP contribution in [0.4, 0.5) is 0 Å². The Morgan fingerprint density at radius 1 is 0.929 bits per heavy atom. The molecular weight excluding hydrogens is 370 g/mol. The van der Waals surface area contributed by atoms with E-state index in [0.717, 1.165) is 36.0 Å². The highest BCUT2D eigenvalue weighted by Gasteiger charge is 2.30. The maximum absolute atomic E-state index is 13.1. The lowest BCUT2D eigenvalue weighted by atomic mass is 10.1. The van der Waals surface area contributed by atoms with Crippen molar-refractivity contribution in [1.29, 1.82) is 5.26 Å².